The minimum atomic E-state index is 0.734. The van der Waals surface area contributed by atoms with E-state index < -0.39 is 0 Å². The SMILES string of the molecule is CCN1CCOc2nc[c]cc21. The molecule has 0 aliphatic carbocycles. The Morgan fingerprint density at radius 2 is 2.67 bits per heavy atom. The lowest BCUT2D eigenvalue weighted by atomic mass is 10.3. The highest BCUT2D eigenvalue weighted by Crippen LogP contribution is 2.27. The number of ether oxygens (including phenoxy) is 1. The topological polar surface area (TPSA) is 25.4 Å². The lowest BCUT2D eigenvalue weighted by Crippen LogP contribution is -2.32. The highest BCUT2D eigenvalue weighted by atomic mass is 16.5. The van der Waals surface area contributed by atoms with Crippen molar-refractivity contribution >= 4 is 5.69 Å². The van der Waals surface area contributed by atoms with E-state index in [0.29, 0.717) is 0 Å². The van der Waals surface area contributed by atoms with Crippen molar-refractivity contribution in [3.8, 4) is 5.88 Å². The van der Waals surface area contributed by atoms with Gasteiger partial charge in [-0.05, 0) is 13.0 Å². The number of anilines is 1. The number of aromatic nitrogens is 1. The van der Waals surface area contributed by atoms with Crippen LogP contribution in [0, 0.1) is 6.07 Å². The number of rotatable bonds is 1. The first-order valence-corrected chi connectivity index (χ1v) is 4.15. The molecule has 1 aromatic rings. The number of pyridine rings is 1. The zero-order valence-corrected chi connectivity index (χ0v) is 7.08. The van der Waals surface area contributed by atoms with Gasteiger partial charge in [0, 0.05) is 18.8 Å². The Kier molecular flexibility index (Phi) is 1.86. The van der Waals surface area contributed by atoms with Crippen molar-refractivity contribution in [3.05, 3.63) is 18.3 Å². The molecule has 0 aromatic carbocycles. The first kappa shape index (κ1) is 7.40. The molecule has 0 spiro atoms. The van der Waals surface area contributed by atoms with Crippen LogP contribution < -0.4 is 9.64 Å². The summed E-state index contributed by atoms with van der Waals surface area (Å²) in [4.78, 5) is 6.34. The van der Waals surface area contributed by atoms with E-state index >= 15 is 0 Å². The molecule has 0 amide bonds. The second kappa shape index (κ2) is 3.01. The maximum absolute atomic E-state index is 5.38. The molecular formula is C9H11N2O. The van der Waals surface area contributed by atoms with E-state index in [0.717, 1.165) is 31.3 Å². The Balaban J connectivity index is 2.37. The molecule has 1 aliphatic rings. The van der Waals surface area contributed by atoms with Gasteiger partial charge in [-0.25, -0.2) is 4.98 Å². The van der Waals surface area contributed by atoms with Crippen molar-refractivity contribution in [2.45, 2.75) is 6.92 Å². The summed E-state index contributed by atoms with van der Waals surface area (Å²) in [6, 6.07) is 4.87. The van der Waals surface area contributed by atoms with Crippen LogP contribution in [0.1, 0.15) is 6.92 Å². The summed E-state index contributed by atoms with van der Waals surface area (Å²) in [5, 5.41) is 0. The number of likely N-dealkylation sites (N-methyl/N-ethyl adjacent to an activating group) is 1. The minimum absolute atomic E-state index is 0.734. The van der Waals surface area contributed by atoms with Crippen LogP contribution in [0.4, 0.5) is 5.69 Å². The van der Waals surface area contributed by atoms with E-state index in [-0.39, 0.29) is 0 Å². The summed E-state index contributed by atoms with van der Waals surface area (Å²) >= 11 is 0. The fourth-order valence-corrected chi connectivity index (χ4v) is 1.38. The van der Waals surface area contributed by atoms with E-state index in [4.69, 9.17) is 4.74 Å². The van der Waals surface area contributed by atoms with E-state index in [1.807, 2.05) is 6.07 Å². The van der Waals surface area contributed by atoms with Gasteiger partial charge in [0.25, 0.3) is 0 Å². The molecule has 0 N–H and O–H groups in total. The largest absolute Gasteiger partial charge is 0.474 e. The van der Waals surface area contributed by atoms with Crippen molar-refractivity contribution in [1.82, 2.24) is 4.98 Å². The van der Waals surface area contributed by atoms with Crippen LogP contribution >= 0.6 is 0 Å². The van der Waals surface area contributed by atoms with Gasteiger partial charge in [0.05, 0.1) is 6.54 Å². The molecule has 1 aromatic heterocycles. The third-order valence-electron chi connectivity index (χ3n) is 2.02. The summed E-state index contributed by atoms with van der Waals surface area (Å²) in [5.41, 5.74) is 1.06. The Bertz CT molecular complexity index is 275. The van der Waals surface area contributed by atoms with Crippen LogP contribution in [-0.4, -0.2) is 24.7 Å². The lowest BCUT2D eigenvalue weighted by Gasteiger charge is -2.28. The molecule has 12 heavy (non-hydrogen) atoms. The molecule has 0 saturated carbocycles. The van der Waals surface area contributed by atoms with Crippen LogP contribution in [0.25, 0.3) is 0 Å². The van der Waals surface area contributed by atoms with Gasteiger partial charge in [0.15, 0.2) is 0 Å². The Morgan fingerprint density at radius 3 is 3.50 bits per heavy atom. The number of hydrogen-bond donors (Lipinski definition) is 0. The normalized spacial score (nSPS) is 15.2. The Morgan fingerprint density at radius 1 is 1.75 bits per heavy atom. The van der Waals surface area contributed by atoms with Gasteiger partial charge in [0.1, 0.15) is 12.3 Å². The molecule has 2 rings (SSSR count). The third-order valence-corrected chi connectivity index (χ3v) is 2.02. The molecule has 0 bridgehead atoms. The van der Waals surface area contributed by atoms with Gasteiger partial charge >= 0.3 is 0 Å². The summed E-state index contributed by atoms with van der Waals surface area (Å²) in [5.74, 6) is 0.738. The van der Waals surface area contributed by atoms with Crippen molar-refractivity contribution in [2.24, 2.45) is 0 Å². The van der Waals surface area contributed by atoms with Gasteiger partial charge in [-0.1, -0.05) is 0 Å². The van der Waals surface area contributed by atoms with Gasteiger partial charge in [-0.3, -0.25) is 0 Å². The number of hydrogen-bond acceptors (Lipinski definition) is 3. The molecule has 63 valence electrons. The van der Waals surface area contributed by atoms with Crippen molar-refractivity contribution in [1.29, 1.82) is 0 Å². The van der Waals surface area contributed by atoms with Gasteiger partial charge in [0.2, 0.25) is 5.88 Å². The van der Waals surface area contributed by atoms with E-state index in [9.17, 15) is 0 Å². The maximum Gasteiger partial charge on any atom is 0.237 e. The molecule has 2 heterocycles. The molecule has 0 saturated heterocycles. The number of fused-ring (bicyclic) bond motifs is 1. The van der Waals surface area contributed by atoms with E-state index in [2.05, 4.69) is 22.9 Å². The third kappa shape index (κ3) is 1.11. The predicted octanol–water partition coefficient (Wildman–Crippen LogP) is 1.10. The van der Waals surface area contributed by atoms with Crippen LogP contribution in [0.2, 0.25) is 0 Å². The zero-order valence-electron chi connectivity index (χ0n) is 7.08. The quantitative estimate of drug-likeness (QED) is 0.620. The minimum Gasteiger partial charge on any atom is -0.474 e. The first-order valence-electron chi connectivity index (χ1n) is 4.15. The van der Waals surface area contributed by atoms with Crippen molar-refractivity contribution in [2.75, 3.05) is 24.6 Å². The second-order valence-corrected chi connectivity index (χ2v) is 2.69. The number of nitrogens with zero attached hydrogens (tertiary/aromatic N) is 2. The summed E-state index contributed by atoms with van der Waals surface area (Å²) in [7, 11) is 0. The zero-order chi connectivity index (χ0) is 8.39. The smallest absolute Gasteiger partial charge is 0.237 e. The fraction of sp³-hybridized carbons (Fsp3) is 0.444. The van der Waals surface area contributed by atoms with Crippen molar-refractivity contribution in [3.63, 3.8) is 0 Å². The monoisotopic (exact) mass is 163 g/mol. The van der Waals surface area contributed by atoms with Crippen LogP contribution in [0.5, 0.6) is 5.88 Å². The van der Waals surface area contributed by atoms with Crippen LogP contribution in [0.15, 0.2) is 12.3 Å². The van der Waals surface area contributed by atoms with Gasteiger partial charge in [-0.2, -0.15) is 0 Å². The molecule has 1 radical (unpaired) electrons. The van der Waals surface area contributed by atoms with Crippen molar-refractivity contribution < 1.29 is 4.74 Å². The van der Waals surface area contributed by atoms with Crippen LogP contribution in [0.3, 0.4) is 0 Å². The first-order chi connectivity index (χ1) is 5.92. The molecule has 0 unspecified atom stereocenters. The highest BCUT2D eigenvalue weighted by Gasteiger charge is 2.16. The maximum atomic E-state index is 5.38. The summed E-state index contributed by atoms with van der Waals surface area (Å²) in [6.45, 7) is 4.80. The lowest BCUT2D eigenvalue weighted by molar-refractivity contribution is 0.296. The van der Waals surface area contributed by atoms with Gasteiger partial charge < -0.3 is 9.64 Å². The molecule has 3 nitrogen and oxygen atoms in total. The highest BCUT2D eigenvalue weighted by molar-refractivity contribution is 5.55. The van der Waals surface area contributed by atoms with E-state index in [1.54, 1.807) is 6.20 Å². The fourth-order valence-electron chi connectivity index (χ4n) is 1.38. The molecular weight excluding hydrogens is 152 g/mol. The average Bonchev–Trinajstić information content (AvgIpc) is 2.17. The van der Waals surface area contributed by atoms with E-state index in [1.165, 1.54) is 0 Å². The second-order valence-electron chi connectivity index (χ2n) is 2.69. The summed E-state index contributed by atoms with van der Waals surface area (Å²) in [6.07, 6.45) is 1.64. The average molecular weight is 163 g/mol. The summed E-state index contributed by atoms with van der Waals surface area (Å²) < 4.78 is 5.38. The molecule has 1 aliphatic heterocycles. The molecule has 3 heteroatoms. The predicted molar refractivity (Wildman–Crippen MR) is 46.5 cm³/mol. The van der Waals surface area contributed by atoms with Gasteiger partial charge in [-0.15, -0.1) is 0 Å². The Labute approximate surface area is 72.0 Å². The molecule has 0 atom stereocenters. The van der Waals surface area contributed by atoms with Crippen LogP contribution in [-0.2, 0) is 0 Å². The molecule has 0 fully saturated rings. The standard InChI is InChI=1S/C9H11N2O/c1-2-11-6-7-12-9-8(11)4-3-5-10-9/h4-5H,2,6-7H2,1H3. The Hall–Kier alpha value is -1.25.